The number of nitro benzene ring substituents is 1. The number of nitrogens with zero attached hydrogens (tertiary/aromatic N) is 2. The summed E-state index contributed by atoms with van der Waals surface area (Å²) in [6, 6.07) is 7.13. The van der Waals surface area contributed by atoms with Gasteiger partial charge in [0.15, 0.2) is 0 Å². The Balaban J connectivity index is 2.70. The summed E-state index contributed by atoms with van der Waals surface area (Å²) in [5.41, 5.74) is 0.913. The highest BCUT2D eigenvalue weighted by Gasteiger charge is 2.14. The van der Waals surface area contributed by atoms with Crippen molar-refractivity contribution in [1.29, 1.82) is 0 Å². The van der Waals surface area contributed by atoms with Crippen molar-refractivity contribution in [2.45, 2.75) is 26.3 Å². The van der Waals surface area contributed by atoms with Crippen molar-refractivity contribution in [3.8, 4) is 0 Å². The van der Waals surface area contributed by atoms with Crippen molar-refractivity contribution in [2.24, 2.45) is 0 Å². The van der Waals surface area contributed by atoms with Gasteiger partial charge in [-0.25, -0.2) is 0 Å². The molecule has 0 aliphatic rings. The second-order valence-corrected chi connectivity index (χ2v) is 4.49. The summed E-state index contributed by atoms with van der Waals surface area (Å²) >= 11 is 0. The summed E-state index contributed by atoms with van der Waals surface area (Å²) in [6.07, 6.45) is 0.620. The average Bonchev–Trinajstić information content (AvgIpc) is 2.34. The molecule has 5 nitrogen and oxygen atoms in total. The third-order valence-corrected chi connectivity index (χ3v) is 2.97. The van der Waals surface area contributed by atoms with E-state index in [1.165, 1.54) is 6.07 Å². The van der Waals surface area contributed by atoms with Crippen molar-refractivity contribution in [2.75, 3.05) is 19.7 Å². The van der Waals surface area contributed by atoms with Gasteiger partial charge in [-0.1, -0.05) is 18.2 Å². The summed E-state index contributed by atoms with van der Waals surface area (Å²) in [5, 5.41) is 19.9. The van der Waals surface area contributed by atoms with Crippen LogP contribution in [0.3, 0.4) is 0 Å². The van der Waals surface area contributed by atoms with Gasteiger partial charge in [-0.15, -0.1) is 0 Å². The van der Waals surface area contributed by atoms with Crippen molar-refractivity contribution >= 4 is 5.69 Å². The zero-order chi connectivity index (χ0) is 13.5. The fraction of sp³-hybridized carbons (Fsp3) is 0.538. The van der Waals surface area contributed by atoms with Crippen molar-refractivity contribution in [3.05, 3.63) is 39.9 Å². The van der Waals surface area contributed by atoms with Gasteiger partial charge in [-0.05, 0) is 20.3 Å². The Kier molecular flexibility index (Phi) is 5.74. The van der Waals surface area contributed by atoms with Crippen LogP contribution in [-0.2, 0) is 6.42 Å². The van der Waals surface area contributed by atoms with E-state index in [-0.39, 0.29) is 17.2 Å². The zero-order valence-corrected chi connectivity index (χ0v) is 10.9. The van der Waals surface area contributed by atoms with Gasteiger partial charge in [0, 0.05) is 30.8 Å². The Bertz CT molecular complexity index is 394. The van der Waals surface area contributed by atoms with Crippen LogP contribution in [0.1, 0.15) is 19.4 Å². The fourth-order valence-corrected chi connectivity index (χ4v) is 1.92. The lowest BCUT2D eigenvalue weighted by Gasteiger charge is -2.25. The number of benzene rings is 1. The summed E-state index contributed by atoms with van der Waals surface area (Å²) < 4.78 is 0. The van der Waals surface area contributed by atoms with E-state index in [1.807, 2.05) is 6.07 Å². The maximum Gasteiger partial charge on any atom is 0.272 e. The van der Waals surface area contributed by atoms with Gasteiger partial charge in [-0.2, -0.15) is 0 Å². The molecule has 0 fully saturated rings. The number of aliphatic hydroxyl groups is 1. The minimum Gasteiger partial charge on any atom is -0.395 e. The van der Waals surface area contributed by atoms with Gasteiger partial charge in [0.25, 0.3) is 5.69 Å². The molecule has 0 heterocycles. The molecule has 1 aromatic carbocycles. The fourth-order valence-electron chi connectivity index (χ4n) is 1.92. The van der Waals surface area contributed by atoms with Gasteiger partial charge < -0.3 is 5.11 Å². The van der Waals surface area contributed by atoms with Crippen LogP contribution in [0, 0.1) is 10.1 Å². The smallest absolute Gasteiger partial charge is 0.272 e. The van der Waals surface area contributed by atoms with E-state index in [0.29, 0.717) is 25.6 Å². The van der Waals surface area contributed by atoms with E-state index < -0.39 is 0 Å². The molecule has 1 aromatic rings. The van der Waals surface area contributed by atoms with Gasteiger partial charge in [-0.3, -0.25) is 15.0 Å². The number of para-hydroxylation sites is 1. The second kappa shape index (κ2) is 7.08. The molecule has 0 aromatic heterocycles. The van der Waals surface area contributed by atoms with E-state index in [0.717, 1.165) is 5.56 Å². The molecule has 100 valence electrons. The molecule has 0 radical (unpaired) electrons. The first-order valence-corrected chi connectivity index (χ1v) is 6.13. The molecule has 1 N–H and O–H groups in total. The van der Waals surface area contributed by atoms with Crippen LogP contribution >= 0.6 is 0 Å². The summed E-state index contributed by atoms with van der Waals surface area (Å²) in [4.78, 5) is 12.6. The molecule has 0 unspecified atom stereocenters. The molecule has 0 saturated heterocycles. The molecule has 0 aliphatic carbocycles. The van der Waals surface area contributed by atoms with Gasteiger partial charge in [0.05, 0.1) is 11.5 Å². The van der Waals surface area contributed by atoms with Crippen LogP contribution in [0.25, 0.3) is 0 Å². The van der Waals surface area contributed by atoms with Gasteiger partial charge in [0.2, 0.25) is 0 Å². The molecule has 0 saturated carbocycles. The van der Waals surface area contributed by atoms with E-state index in [4.69, 9.17) is 5.11 Å². The van der Waals surface area contributed by atoms with Crippen molar-refractivity contribution < 1.29 is 10.0 Å². The first kappa shape index (κ1) is 14.6. The molecule has 18 heavy (non-hydrogen) atoms. The SMILES string of the molecule is CC(C)N(CCO)CCc1ccccc1[N+](=O)[O-]. The summed E-state index contributed by atoms with van der Waals surface area (Å²) in [5.74, 6) is 0. The van der Waals surface area contributed by atoms with Gasteiger partial charge >= 0.3 is 0 Å². The molecule has 0 atom stereocenters. The minimum atomic E-state index is -0.346. The lowest BCUT2D eigenvalue weighted by atomic mass is 10.1. The Morgan fingerprint density at radius 3 is 2.56 bits per heavy atom. The number of hydrogen-bond acceptors (Lipinski definition) is 4. The van der Waals surface area contributed by atoms with Crippen LogP contribution in [0.2, 0.25) is 0 Å². The number of nitro groups is 1. The second-order valence-electron chi connectivity index (χ2n) is 4.49. The standard InChI is InChI=1S/C13H20N2O3/c1-11(2)14(9-10-16)8-7-12-5-3-4-6-13(12)15(17)18/h3-6,11,16H,7-10H2,1-2H3. The third-order valence-electron chi connectivity index (χ3n) is 2.97. The van der Waals surface area contributed by atoms with E-state index >= 15 is 0 Å². The molecular formula is C13H20N2O3. The number of rotatable bonds is 7. The minimum absolute atomic E-state index is 0.106. The summed E-state index contributed by atoms with van der Waals surface area (Å²) in [6.45, 7) is 5.51. The quantitative estimate of drug-likeness (QED) is 0.594. The van der Waals surface area contributed by atoms with Crippen molar-refractivity contribution in [3.63, 3.8) is 0 Å². The summed E-state index contributed by atoms with van der Waals surface area (Å²) in [7, 11) is 0. The maximum atomic E-state index is 10.9. The Hall–Kier alpha value is -1.46. The van der Waals surface area contributed by atoms with E-state index in [1.54, 1.807) is 12.1 Å². The van der Waals surface area contributed by atoms with Crippen LogP contribution in [0.5, 0.6) is 0 Å². The van der Waals surface area contributed by atoms with Crippen LogP contribution in [-0.4, -0.2) is 40.7 Å². The molecule has 1 rings (SSSR count). The lowest BCUT2D eigenvalue weighted by molar-refractivity contribution is -0.385. The number of hydrogen-bond donors (Lipinski definition) is 1. The molecule has 0 spiro atoms. The molecule has 0 aliphatic heterocycles. The Labute approximate surface area is 107 Å². The predicted molar refractivity (Wildman–Crippen MR) is 70.6 cm³/mol. The largest absolute Gasteiger partial charge is 0.395 e. The molecular weight excluding hydrogens is 232 g/mol. The van der Waals surface area contributed by atoms with Gasteiger partial charge in [0.1, 0.15) is 0 Å². The Morgan fingerprint density at radius 2 is 2.00 bits per heavy atom. The van der Waals surface area contributed by atoms with Crippen LogP contribution < -0.4 is 0 Å². The average molecular weight is 252 g/mol. The zero-order valence-electron chi connectivity index (χ0n) is 10.9. The predicted octanol–water partition coefficient (Wildman–Crippen LogP) is 1.84. The first-order chi connectivity index (χ1) is 8.56. The Morgan fingerprint density at radius 1 is 1.33 bits per heavy atom. The molecule has 5 heteroatoms. The highest BCUT2D eigenvalue weighted by molar-refractivity contribution is 5.39. The topological polar surface area (TPSA) is 66.6 Å². The normalized spacial score (nSPS) is 11.2. The molecule has 0 bridgehead atoms. The van der Waals surface area contributed by atoms with Crippen LogP contribution in [0.15, 0.2) is 24.3 Å². The number of aliphatic hydroxyl groups excluding tert-OH is 1. The van der Waals surface area contributed by atoms with E-state index in [9.17, 15) is 10.1 Å². The molecule has 0 amide bonds. The van der Waals surface area contributed by atoms with Crippen molar-refractivity contribution in [1.82, 2.24) is 4.90 Å². The third kappa shape index (κ3) is 4.09. The highest BCUT2D eigenvalue weighted by atomic mass is 16.6. The lowest BCUT2D eigenvalue weighted by Crippen LogP contribution is -2.35. The highest BCUT2D eigenvalue weighted by Crippen LogP contribution is 2.18. The van der Waals surface area contributed by atoms with E-state index in [2.05, 4.69) is 18.7 Å². The first-order valence-electron chi connectivity index (χ1n) is 6.13. The monoisotopic (exact) mass is 252 g/mol. The maximum absolute atomic E-state index is 10.9. The van der Waals surface area contributed by atoms with Crippen LogP contribution in [0.4, 0.5) is 5.69 Å².